The smallest absolute Gasteiger partial charge is 0.298 e. The number of carbonyl (C=O) groups is 2. The number of aromatic nitrogens is 1. The molecule has 0 aliphatic rings. The highest BCUT2D eigenvalue weighted by atomic mass is 35.5. The minimum Gasteiger partial charge on any atom is -0.319 e. The summed E-state index contributed by atoms with van der Waals surface area (Å²) in [6, 6.07) is 22.3. The Morgan fingerprint density at radius 3 is 2.30 bits per heavy atom. The lowest BCUT2D eigenvalue weighted by atomic mass is 10.0. The summed E-state index contributed by atoms with van der Waals surface area (Å²) in [5, 5.41) is 3.33. The number of pyridine rings is 1. The standard InChI is InChI=1S/C25H21ClN2O2/c1-16(2)17-8-12-20(13-9-17)27-25(30)24(29)23-22(18-6-10-19(26)11-7-18)15-21-5-3-4-14-28(21)23/h3-16H,1-2H3,(H,27,30). The molecule has 4 aromatic rings. The lowest BCUT2D eigenvalue weighted by Gasteiger charge is -2.09. The number of Topliss-reactive ketones (excluding diaryl/α,β-unsaturated/α-hetero) is 1. The number of nitrogens with zero attached hydrogens (tertiary/aromatic N) is 1. The molecule has 0 aliphatic heterocycles. The van der Waals surface area contributed by atoms with Gasteiger partial charge in [0, 0.05) is 28.0 Å². The summed E-state index contributed by atoms with van der Waals surface area (Å²) in [5.41, 5.74) is 4.42. The van der Waals surface area contributed by atoms with Gasteiger partial charge in [-0.2, -0.15) is 0 Å². The highest BCUT2D eigenvalue weighted by molar-refractivity contribution is 6.47. The van der Waals surface area contributed by atoms with Crippen LogP contribution in [0.3, 0.4) is 0 Å². The van der Waals surface area contributed by atoms with Gasteiger partial charge in [0.05, 0.1) is 0 Å². The number of benzene rings is 2. The van der Waals surface area contributed by atoms with Crippen LogP contribution in [-0.4, -0.2) is 16.1 Å². The molecule has 150 valence electrons. The molecule has 4 rings (SSSR count). The molecular weight excluding hydrogens is 396 g/mol. The first-order valence-corrected chi connectivity index (χ1v) is 10.1. The van der Waals surface area contributed by atoms with Gasteiger partial charge in [-0.3, -0.25) is 9.59 Å². The van der Waals surface area contributed by atoms with E-state index >= 15 is 0 Å². The Kier molecular flexibility index (Phi) is 5.42. The highest BCUT2D eigenvalue weighted by Crippen LogP contribution is 2.29. The SMILES string of the molecule is CC(C)c1ccc(NC(=O)C(=O)c2c(-c3ccc(Cl)cc3)cc3ccccn23)cc1. The molecule has 0 radical (unpaired) electrons. The molecule has 4 nitrogen and oxygen atoms in total. The zero-order valence-electron chi connectivity index (χ0n) is 16.7. The van der Waals surface area contributed by atoms with E-state index in [4.69, 9.17) is 11.6 Å². The predicted octanol–water partition coefficient (Wildman–Crippen LogP) is 6.20. The fourth-order valence-electron chi connectivity index (χ4n) is 3.45. The summed E-state index contributed by atoms with van der Waals surface area (Å²) >= 11 is 6.02. The van der Waals surface area contributed by atoms with Crippen molar-refractivity contribution in [2.45, 2.75) is 19.8 Å². The van der Waals surface area contributed by atoms with Crippen LogP contribution in [0.2, 0.25) is 5.02 Å². The first-order valence-electron chi connectivity index (χ1n) is 9.75. The van der Waals surface area contributed by atoms with Gasteiger partial charge in [0.2, 0.25) is 0 Å². The maximum absolute atomic E-state index is 13.2. The lowest BCUT2D eigenvalue weighted by Crippen LogP contribution is -2.24. The van der Waals surface area contributed by atoms with Gasteiger partial charge >= 0.3 is 0 Å². The largest absolute Gasteiger partial charge is 0.319 e. The molecule has 2 heterocycles. The number of anilines is 1. The van der Waals surface area contributed by atoms with Crippen molar-refractivity contribution >= 4 is 34.5 Å². The number of rotatable bonds is 5. The predicted molar refractivity (Wildman–Crippen MR) is 121 cm³/mol. The molecule has 1 amide bonds. The van der Waals surface area contributed by atoms with Crippen LogP contribution in [0.25, 0.3) is 16.6 Å². The van der Waals surface area contributed by atoms with Crippen LogP contribution in [0.4, 0.5) is 5.69 Å². The number of amides is 1. The normalized spacial score (nSPS) is 11.1. The molecule has 0 unspecified atom stereocenters. The maximum Gasteiger partial charge on any atom is 0.298 e. The van der Waals surface area contributed by atoms with Crippen LogP contribution in [0.1, 0.15) is 35.8 Å². The third kappa shape index (κ3) is 3.87. The zero-order chi connectivity index (χ0) is 21.3. The molecule has 0 atom stereocenters. The molecule has 30 heavy (non-hydrogen) atoms. The second kappa shape index (κ2) is 8.17. The van der Waals surface area contributed by atoms with E-state index in [1.165, 1.54) is 5.56 Å². The van der Waals surface area contributed by atoms with Crippen molar-refractivity contribution in [3.63, 3.8) is 0 Å². The zero-order valence-corrected chi connectivity index (χ0v) is 17.5. The third-order valence-electron chi connectivity index (χ3n) is 5.09. The number of ketones is 1. The molecule has 0 fully saturated rings. The monoisotopic (exact) mass is 416 g/mol. The number of fused-ring (bicyclic) bond motifs is 1. The van der Waals surface area contributed by atoms with Crippen molar-refractivity contribution < 1.29 is 9.59 Å². The number of hydrogen-bond acceptors (Lipinski definition) is 2. The van der Waals surface area contributed by atoms with Gasteiger partial charge in [-0.25, -0.2) is 0 Å². The van der Waals surface area contributed by atoms with Crippen molar-refractivity contribution in [3.05, 3.63) is 95.3 Å². The second-order valence-corrected chi connectivity index (χ2v) is 7.91. The average Bonchev–Trinajstić information content (AvgIpc) is 3.13. The number of carbonyl (C=O) groups excluding carboxylic acids is 2. The van der Waals surface area contributed by atoms with E-state index < -0.39 is 11.7 Å². The second-order valence-electron chi connectivity index (χ2n) is 7.47. The summed E-state index contributed by atoms with van der Waals surface area (Å²) in [6.45, 7) is 4.21. The Hall–Kier alpha value is -3.37. The van der Waals surface area contributed by atoms with Gasteiger partial charge in [-0.1, -0.05) is 55.8 Å². The molecule has 0 bridgehead atoms. The Morgan fingerprint density at radius 1 is 0.933 bits per heavy atom. The first-order chi connectivity index (χ1) is 14.4. The first kappa shape index (κ1) is 19.9. The fourth-order valence-corrected chi connectivity index (χ4v) is 3.58. The van der Waals surface area contributed by atoms with Crippen LogP contribution >= 0.6 is 11.6 Å². The van der Waals surface area contributed by atoms with Crippen LogP contribution in [0.15, 0.2) is 79.0 Å². The van der Waals surface area contributed by atoms with Gasteiger partial charge in [-0.05, 0) is 59.5 Å². The average molecular weight is 417 g/mol. The van der Waals surface area contributed by atoms with E-state index in [2.05, 4.69) is 19.2 Å². The molecule has 0 saturated heterocycles. The van der Waals surface area contributed by atoms with Crippen molar-refractivity contribution in [2.24, 2.45) is 0 Å². The quantitative estimate of drug-likeness (QED) is 0.311. The van der Waals surface area contributed by atoms with Crippen molar-refractivity contribution in [1.82, 2.24) is 4.40 Å². The summed E-state index contributed by atoms with van der Waals surface area (Å²) in [4.78, 5) is 26.0. The van der Waals surface area contributed by atoms with Gasteiger partial charge in [-0.15, -0.1) is 0 Å². The third-order valence-corrected chi connectivity index (χ3v) is 5.34. The summed E-state index contributed by atoms with van der Waals surface area (Å²) in [5.74, 6) is -0.879. The summed E-state index contributed by atoms with van der Waals surface area (Å²) in [7, 11) is 0. The van der Waals surface area contributed by atoms with E-state index in [0.29, 0.717) is 27.9 Å². The topological polar surface area (TPSA) is 50.6 Å². The van der Waals surface area contributed by atoms with E-state index in [9.17, 15) is 9.59 Å². The highest BCUT2D eigenvalue weighted by Gasteiger charge is 2.24. The van der Waals surface area contributed by atoms with Gasteiger partial charge in [0.1, 0.15) is 5.69 Å². The van der Waals surface area contributed by atoms with E-state index in [0.717, 1.165) is 11.1 Å². The Balaban J connectivity index is 1.70. The molecule has 0 saturated carbocycles. The van der Waals surface area contributed by atoms with Crippen LogP contribution in [-0.2, 0) is 4.79 Å². The van der Waals surface area contributed by atoms with Crippen molar-refractivity contribution in [1.29, 1.82) is 0 Å². The molecule has 2 aromatic carbocycles. The van der Waals surface area contributed by atoms with Gasteiger partial charge in [0.15, 0.2) is 0 Å². The number of halogens is 1. The Labute approximate surface area is 180 Å². The van der Waals surface area contributed by atoms with Crippen LogP contribution in [0.5, 0.6) is 0 Å². The molecule has 0 aliphatic carbocycles. The minimum absolute atomic E-state index is 0.323. The van der Waals surface area contributed by atoms with E-state index in [1.54, 1.807) is 22.7 Å². The van der Waals surface area contributed by atoms with E-state index in [-0.39, 0.29) is 0 Å². The van der Waals surface area contributed by atoms with Gasteiger partial charge < -0.3 is 9.72 Å². The van der Waals surface area contributed by atoms with Crippen molar-refractivity contribution in [3.8, 4) is 11.1 Å². The number of nitrogens with one attached hydrogen (secondary N) is 1. The summed E-state index contributed by atoms with van der Waals surface area (Å²) < 4.78 is 1.74. The Bertz CT molecular complexity index is 1220. The lowest BCUT2D eigenvalue weighted by molar-refractivity contribution is -0.112. The molecule has 1 N–H and O–H groups in total. The fraction of sp³-hybridized carbons (Fsp3) is 0.120. The minimum atomic E-state index is -0.675. The molecule has 2 aromatic heterocycles. The number of hydrogen-bond donors (Lipinski definition) is 1. The van der Waals surface area contributed by atoms with Crippen LogP contribution in [0, 0.1) is 0 Å². The van der Waals surface area contributed by atoms with E-state index in [1.807, 2.05) is 60.7 Å². The molecule has 0 spiro atoms. The van der Waals surface area contributed by atoms with Crippen molar-refractivity contribution in [2.75, 3.05) is 5.32 Å². The molecule has 5 heteroatoms. The maximum atomic E-state index is 13.2. The summed E-state index contributed by atoms with van der Waals surface area (Å²) in [6.07, 6.45) is 1.78. The van der Waals surface area contributed by atoms with Crippen LogP contribution < -0.4 is 5.32 Å². The van der Waals surface area contributed by atoms with Gasteiger partial charge in [0.25, 0.3) is 11.7 Å². The molecular formula is C25H21ClN2O2. The Morgan fingerprint density at radius 2 is 1.63 bits per heavy atom.